The molecule has 2 atom stereocenters. The van der Waals surface area contributed by atoms with Crippen molar-refractivity contribution in [1.29, 1.82) is 0 Å². The van der Waals surface area contributed by atoms with Crippen molar-refractivity contribution in [3.8, 4) is 0 Å². The quantitative estimate of drug-likeness (QED) is 0.656. The number of pyridine rings is 2. The van der Waals surface area contributed by atoms with Gasteiger partial charge in [-0.15, -0.1) is 0 Å². The topological polar surface area (TPSA) is 90.7 Å². The van der Waals surface area contributed by atoms with Crippen LogP contribution in [0.5, 0.6) is 0 Å². The SMILES string of the molecule is Cc1nc2cc(F)c(NC(=O)N3CCc4c(N5C[C@@H](C)N[C@@H](C)C5)ccnc43)cn2n1. The summed E-state index contributed by atoms with van der Waals surface area (Å²) in [5.41, 5.74) is 2.62. The second-order valence-electron chi connectivity index (χ2n) is 8.33. The highest BCUT2D eigenvalue weighted by Gasteiger charge is 2.31. The van der Waals surface area contributed by atoms with Crippen LogP contribution in [0.1, 0.15) is 25.2 Å². The average molecular weight is 424 g/mol. The van der Waals surface area contributed by atoms with Gasteiger partial charge in [-0.2, -0.15) is 5.10 Å². The Morgan fingerprint density at radius 2 is 2.06 bits per heavy atom. The molecule has 0 bridgehead atoms. The minimum absolute atomic E-state index is 0.0526. The van der Waals surface area contributed by atoms with Crippen LogP contribution in [0.15, 0.2) is 24.5 Å². The molecule has 2 amide bonds. The fourth-order valence-corrected chi connectivity index (χ4v) is 4.58. The highest BCUT2D eigenvalue weighted by molar-refractivity contribution is 6.03. The summed E-state index contributed by atoms with van der Waals surface area (Å²) in [6, 6.07) is 3.63. The number of halogens is 1. The van der Waals surface area contributed by atoms with Crippen molar-refractivity contribution in [2.75, 3.05) is 34.8 Å². The molecule has 3 aromatic heterocycles. The summed E-state index contributed by atoms with van der Waals surface area (Å²) in [7, 11) is 0. The van der Waals surface area contributed by atoms with Crippen molar-refractivity contribution in [2.45, 2.75) is 39.3 Å². The Morgan fingerprint density at radius 3 is 2.84 bits per heavy atom. The van der Waals surface area contributed by atoms with Gasteiger partial charge in [0.15, 0.2) is 11.5 Å². The zero-order valence-electron chi connectivity index (χ0n) is 17.8. The second-order valence-corrected chi connectivity index (χ2v) is 8.33. The lowest BCUT2D eigenvalue weighted by atomic mass is 10.1. The number of carbonyl (C=O) groups is 1. The van der Waals surface area contributed by atoms with E-state index in [9.17, 15) is 9.18 Å². The zero-order chi connectivity index (χ0) is 21.7. The molecule has 162 valence electrons. The van der Waals surface area contributed by atoms with Gasteiger partial charge in [0, 0.05) is 55.2 Å². The van der Waals surface area contributed by atoms with Gasteiger partial charge in [-0.05, 0) is 33.3 Å². The smallest absolute Gasteiger partial charge is 0.327 e. The molecule has 1 saturated heterocycles. The molecule has 0 spiro atoms. The van der Waals surface area contributed by atoms with Gasteiger partial charge in [0.2, 0.25) is 0 Å². The summed E-state index contributed by atoms with van der Waals surface area (Å²) in [6.45, 7) is 8.37. The summed E-state index contributed by atoms with van der Waals surface area (Å²) in [5, 5.41) is 10.4. The normalized spacial score (nSPS) is 20.9. The largest absolute Gasteiger partial charge is 0.368 e. The number of piperazine rings is 1. The average Bonchev–Trinajstić information content (AvgIpc) is 3.29. The number of aryl methyl sites for hydroxylation is 1. The molecule has 5 heterocycles. The van der Waals surface area contributed by atoms with Crippen LogP contribution in [0.25, 0.3) is 5.65 Å². The Balaban J connectivity index is 1.40. The first-order chi connectivity index (χ1) is 14.9. The molecule has 1 fully saturated rings. The molecule has 2 N–H and O–H groups in total. The van der Waals surface area contributed by atoms with Crippen molar-refractivity contribution in [3.63, 3.8) is 0 Å². The van der Waals surface area contributed by atoms with E-state index in [4.69, 9.17) is 0 Å². The number of hydrogen-bond acceptors (Lipinski definition) is 6. The van der Waals surface area contributed by atoms with E-state index in [-0.39, 0.29) is 5.69 Å². The van der Waals surface area contributed by atoms with Gasteiger partial charge in [-0.25, -0.2) is 23.7 Å². The fraction of sp³-hybridized carbons (Fsp3) is 0.429. The molecular formula is C21H25FN8O. The Morgan fingerprint density at radius 1 is 1.29 bits per heavy atom. The van der Waals surface area contributed by atoms with Gasteiger partial charge in [-0.1, -0.05) is 0 Å². The van der Waals surface area contributed by atoms with Crippen molar-refractivity contribution in [3.05, 3.63) is 41.7 Å². The number of amides is 2. The summed E-state index contributed by atoms with van der Waals surface area (Å²) >= 11 is 0. The predicted octanol–water partition coefficient (Wildman–Crippen LogP) is 2.35. The van der Waals surface area contributed by atoms with Crippen molar-refractivity contribution in [1.82, 2.24) is 24.9 Å². The number of rotatable bonds is 2. The maximum absolute atomic E-state index is 14.5. The van der Waals surface area contributed by atoms with Crippen molar-refractivity contribution >= 4 is 28.9 Å². The number of anilines is 3. The zero-order valence-corrected chi connectivity index (χ0v) is 17.8. The van der Waals surface area contributed by atoms with Crippen molar-refractivity contribution in [2.24, 2.45) is 0 Å². The molecule has 0 unspecified atom stereocenters. The summed E-state index contributed by atoms with van der Waals surface area (Å²) < 4.78 is 16.0. The van der Waals surface area contributed by atoms with Crippen LogP contribution in [0, 0.1) is 12.7 Å². The van der Waals surface area contributed by atoms with Crippen LogP contribution in [-0.4, -0.2) is 57.3 Å². The van der Waals surface area contributed by atoms with Crippen molar-refractivity contribution < 1.29 is 9.18 Å². The van der Waals surface area contributed by atoms with Crippen LogP contribution in [0.2, 0.25) is 0 Å². The maximum Gasteiger partial charge on any atom is 0.327 e. The number of fused-ring (bicyclic) bond motifs is 2. The summed E-state index contributed by atoms with van der Waals surface area (Å²) in [6.07, 6.45) is 3.89. The number of carbonyl (C=O) groups excluding carboxylic acids is 1. The molecule has 0 radical (unpaired) electrons. The van der Waals surface area contributed by atoms with Gasteiger partial charge >= 0.3 is 6.03 Å². The van der Waals surface area contributed by atoms with E-state index in [1.54, 1.807) is 18.0 Å². The van der Waals surface area contributed by atoms with Gasteiger partial charge in [0.05, 0.1) is 11.9 Å². The first-order valence-electron chi connectivity index (χ1n) is 10.5. The van der Waals surface area contributed by atoms with E-state index in [0.717, 1.165) is 24.3 Å². The third-order valence-electron chi connectivity index (χ3n) is 5.76. The van der Waals surface area contributed by atoms with E-state index in [2.05, 4.69) is 44.4 Å². The monoisotopic (exact) mass is 424 g/mol. The van der Waals surface area contributed by atoms with Gasteiger partial charge in [0.1, 0.15) is 11.6 Å². The molecule has 31 heavy (non-hydrogen) atoms. The first-order valence-corrected chi connectivity index (χ1v) is 10.5. The molecule has 2 aliphatic heterocycles. The molecule has 5 rings (SSSR count). The van der Waals surface area contributed by atoms with Crippen LogP contribution < -0.4 is 20.4 Å². The molecule has 2 aliphatic rings. The van der Waals surface area contributed by atoms with Crippen LogP contribution in [-0.2, 0) is 6.42 Å². The maximum atomic E-state index is 14.5. The molecule has 0 aromatic carbocycles. The lowest BCUT2D eigenvalue weighted by Gasteiger charge is -2.38. The predicted molar refractivity (Wildman–Crippen MR) is 116 cm³/mol. The Bertz CT molecular complexity index is 1150. The third-order valence-corrected chi connectivity index (χ3v) is 5.76. The van der Waals surface area contributed by atoms with E-state index in [1.165, 1.54) is 16.8 Å². The fourth-order valence-electron chi connectivity index (χ4n) is 4.58. The number of nitrogens with zero attached hydrogens (tertiary/aromatic N) is 6. The Kier molecular flexibility index (Phi) is 4.73. The minimum atomic E-state index is -0.557. The Hall–Kier alpha value is -3.27. The molecular weight excluding hydrogens is 399 g/mol. The lowest BCUT2D eigenvalue weighted by Crippen LogP contribution is -2.54. The summed E-state index contributed by atoms with van der Waals surface area (Å²) in [4.78, 5) is 25.5. The van der Waals surface area contributed by atoms with E-state index < -0.39 is 11.8 Å². The number of hydrogen-bond donors (Lipinski definition) is 2. The minimum Gasteiger partial charge on any atom is -0.368 e. The van der Waals surface area contributed by atoms with Crippen LogP contribution in [0.3, 0.4) is 0 Å². The third kappa shape index (κ3) is 3.56. The van der Waals surface area contributed by atoms with Gasteiger partial charge in [-0.3, -0.25) is 4.90 Å². The molecule has 3 aromatic rings. The van der Waals surface area contributed by atoms with Gasteiger partial charge < -0.3 is 15.5 Å². The standard InChI is InChI=1S/C21H25FN8O/c1-12-9-28(10-13(2)24-12)18-4-6-23-20-15(18)5-7-29(20)21(31)26-17-11-30-19(8-16(17)22)25-14(3)27-30/h4,6,8,11-13,24H,5,7,9-10H2,1-3H3,(H,26,31)/t12-,13+. The molecule has 0 aliphatic carbocycles. The van der Waals surface area contributed by atoms with Crippen LogP contribution in [0.4, 0.5) is 26.4 Å². The van der Waals surface area contributed by atoms with Crippen LogP contribution >= 0.6 is 0 Å². The molecule has 0 saturated carbocycles. The second kappa shape index (κ2) is 7.45. The summed E-state index contributed by atoms with van der Waals surface area (Å²) in [5.74, 6) is 0.606. The highest BCUT2D eigenvalue weighted by atomic mass is 19.1. The van der Waals surface area contributed by atoms with E-state index >= 15 is 0 Å². The van der Waals surface area contributed by atoms with E-state index in [0.29, 0.717) is 42.3 Å². The van der Waals surface area contributed by atoms with Gasteiger partial charge in [0.25, 0.3) is 0 Å². The highest BCUT2D eigenvalue weighted by Crippen LogP contribution is 2.35. The molecule has 9 nitrogen and oxygen atoms in total. The lowest BCUT2D eigenvalue weighted by molar-refractivity contribution is 0.257. The first kappa shape index (κ1) is 19.7. The van der Waals surface area contributed by atoms with E-state index in [1.807, 2.05) is 6.07 Å². The number of nitrogens with one attached hydrogen (secondary N) is 2. The Labute approximate surface area is 179 Å². The number of aromatic nitrogens is 4. The molecule has 10 heteroatoms. The number of urea groups is 1.